The minimum Gasteiger partial charge on any atom is -0.492 e. The molecule has 1 aromatic heterocycles. The van der Waals surface area contributed by atoms with Gasteiger partial charge in [0.2, 0.25) is 27.7 Å². The summed E-state index contributed by atoms with van der Waals surface area (Å²) >= 11 is 0. The van der Waals surface area contributed by atoms with Crippen molar-refractivity contribution in [1.29, 1.82) is 0 Å². The lowest BCUT2D eigenvalue weighted by atomic mass is 9.88. The van der Waals surface area contributed by atoms with E-state index < -0.39 is 80.0 Å². The maximum atomic E-state index is 14.9. The van der Waals surface area contributed by atoms with Gasteiger partial charge < -0.3 is 29.7 Å². The summed E-state index contributed by atoms with van der Waals surface area (Å²) in [5, 5.41) is 6.95. The second-order valence-electron chi connectivity index (χ2n) is 16.3. The molecule has 4 amide bonds. The molecule has 0 bridgehead atoms. The Labute approximate surface area is 337 Å². The van der Waals surface area contributed by atoms with Crippen LogP contribution in [0.4, 0.5) is 9.18 Å². The fraction of sp³-hybridized carbons (Fsp3) is 0.500. The van der Waals surface area contributed by atoms with Crippen LogP contribution in [0.25, 0.3) is 10.8 Å². The lowest BCUT2D eigenvalue weighted by Crippen LogP contribution is -2.59. The Morgan fingerprint density at radius 1 is 1.03 bits per heavy atom. The molecule has 14 nitrogen and oxygen atoms in total. The first kappa shape index (κ1) is 40.9. The minimum absolute atomic E-state index is 0.0213. The third-order valence-corrected chi connectivity index (χ3v) is 14.0. The molecule has 310 valence electrons. The van der Waals surface area contributed by atoms with Crippen LogP contribution in [0.2, 0.25) is 0 Å². The van der Waals surface area contributed by atoms with Crippen LogP contribution < -0.4 is 29.6 Å². The number of para-hydroxylation sites is 1. The summed E-state index contributed by atoms with van der Waals surface area (Å²) in [5.74, 6) is -3.27. The number of benzene rings is 2. The fourth-order valence-corrected chi connectivity index (χ4v) is 9.36. The summed E-state index contributed by atoms with van der Waals surface area (Å²) in [5.41, 5.74) is -1.58. The van der Waals surface area contributed by atoms with Crippen LogP contribution in [-0.2, 0) is 24.4 Å². The average Bonchev–Trinajstić information content (AvgIpc) is 4.07. The van der Waals surface area contributed by atoms with Crippen LogP contribution >= 0.6 is 0 Å². The zero-order chi connectivity index (χ0) is 41.4. The first-order chi connectivity index (χ1) is 27.6. The molecule has 0 spiro atoms. The van der Waals surface area contributed by atoms with Gasteiger partial charge in [-0.1, -0.05) is 56.3 Å². The van der Waals surface area contributed by atoms with Crippen LogP contribution in [0, 0.1) is 23.6 Å². The molecular weight excluding hydrogens is 770 g/mol. The van der Waals surface area contributed by atoms with Gasteiger partial charge in [0.1, 0.15) is 29.5 Å². The molecule has 3 N–H and O–H groups in total. The van der Waals surface area contributed by atoms with E-state index >= 15 is 0 Å². The first-order valence-corrected chi connectivity index (χ1v) is 21.4. The standard InChI is InChI=1S/C42H50FN5O9S/c1-5-55-34-23-44-37(30-15-9-8-14-29(30)34)56-28-21-32-36(49)46-42(39(51)47-58(53,54)41(4)18-19-41)22-27(42)13-7-6-12-25(2)20-26(3)35(38(50)48(32)24-28)45-40(52)57-33-17-11-10-16-31(33)43/h7-11,13-17,23,25-28,32,35H,5-6,12,18-22,24H2,1-4H3,(H,45,52)(H,46,49)(H,47,51)/b13-7-/t25-,26-,27?,28-,32+,35+,42?/m1/s1. The molecule has 2 aromatic carbocycles. The van der Waals surface area contributed by atoms with Crippen molar-refractivity contribution in [1.82, 2.24) is 25.2 Å². The van der Waals surface area contributed by atoms with Gasteiger partial charge in [-0.2, -0.15) is 0 Å². The van der Waals surface area contributed by atoms with E-state index in [0.29, 0.717) is 49.8 Å². The third kappa shape index (κ3) is 8.34. The number of amides is 4. The van der Waals surface area contributed by atoms with Gasteiger partial charge >= 0.3 is 6.09 Å². The highest BCUT2D eigenvalue weighted by Crippen LogP contribution is 2.47. The van der Waals surface area contributed by atoms with E-state index in [-0.39, 0.29) is 36.9 Å². The predicted molar refractivity (Wildman–Crippen MR) is 212 cm³/mol. The molecule has 2 unspecified atom stereocenters. The third-order valence-electron chi connectivity index (χ3n) is 11.9. The summed E-state index contributed by atoms with van der Waals surface area (Å²) < 4.78 is 59.7. The van der Waals surface area contributed by atoms with Crippen LogP contribution in [-0.4, -0.2) is 83.7 Å². The number of halogens is 1. The van der Waals surface area contributed by atoms with E-state index in [9.17, 15) is 32.0 Å². The summed E-state index contributed by atoms with van der Waals surface area (Å²) in [7, 11) is -4.03. The molecule has 1 saturated heterocycles. The second kappa shape index (κ2) is 16.2. The van der Waals surface area contributed by atoms with Gasteiger partial charge in [0, 0.05) is 23.1 Å². The number of pyridine rings is 1. The summed E-state index contributed by atoms with van der Waals surface area (Å²) in [6, 6.07) is 10.4. The van der Waals surface area contributed by atoms with Crippen LogP contribution in [0.15, 0.2) is 66.9 Å². The van der Waals surface area contributed by atoms with Crippen molar-refractivity contribution in [2.45, 2.75) is 101 Å². The number of fused-ring (bicyclic) bond motifs is 3. The smallest absolute Gasteiger partial charge is 0.413 e. The van der Waals surface area contributed by atoms with Crippen molar-refractivity contribution in [2.24, 2.45) is 17.8 Å². The number of nitrogens with one attached hydrogen (secondary N) is 3. The van der Waals surface area contributed by atoms with Gasteiger partial charge in [-0.05, 0) is 82.4 Å². The highest BCUT2D eigenvalue weighted by molar-refractivity contribution is 7.91. The maximum absolute atomic E-state index is 14.9. The number of carbonyl (C=O) groups is 4. The number of rotatable bonds is 9. The highest BCUT2D eigenvalue weighted by Gasteiger charge is 2.63. The van der Waals surface area contributed by atoms with Crippen LogP contribution in [0.3, 0.4) is 0 Å². The van der Waals surface area contributed by atoms with Crippen LogP contribution in [0.1, 0.15) is 72.6 Å². The zero-order valence-electron chi connectivity index (χ0n) is 33.0. The lowest BCUT2D eigenvalue weighted by molar-refractivity contribution is -0.142. The van der Waals surface area contributed by atoms with Gasteiger partial charge in [-0.25, -0.2) is 22.6 Å². The molecule has 3 aromatic rings. The van der Waals surface area contributed by atoms with Gasteiger partial charge in [0.25, 0.3) is 5.91 Å². The molecule has 16 heteroatoms. The van der Waals surface area contributed by atoms with E-state index in [0.717, 1.165) is 11.5 Å². The van der Waals surface area contributed by atoms with E-state index in [4.69, 9.17) is 14.2 Å². The van der Waals surface area contributed by atoms with Crippen LogP contribution in [0.5, 0.6) is 17.4 Å². The van der Waals surface area contributed by atoms with Crippen molar-refractivity contribution in [2.75, 3.05) is 13.2 Å². The van der Waals surface area contributed by atoms with Crippen molar-refractivity contribution in [3.05, 3.63) is 72.7 Å². The zero-order valence-corrected chi connectivity index (χ0v) is 33.9. The number of hydrogen-bond acceptors (Lipinski definition) is 10. The maximum Gasteiger partial charge on any atom is 0.413 e. The molecule has 3 fully saturated rings. The van der Waals surface area contributed by atoms with Gasteiger partial charge in [-0.3, -0.25) is 19.1 Å². The molecule has 2 aliphatic heterocycles. The Morgan fingerprint density at radius 2 is 1.76 bits per heavy atom. The van der Waals surface area contributed by atoms with E-state index in [2.05, 4.69) is 20.3 Å². The van der Waals surface area contributed by atoms with Crippen molar-refractivity contribution < 1.29 is 46.2 Å². The minimum atomic E-state index is -4.03. The van der Waals surface area contributed by atoms with Crippen molar-refractivity contribution >= 4 is 44.6 Å². The van der Waals surface area contributed by atoms with Gasteiger partial charge in [0.05, 0.1) is 24.1 Å². The number of aromatic nitrogens is 1. The topological polar surface area (TPSA) is 182 Å². The Bertz CT molecular complexity index is 2230. The molecule has 0 radical (unpaired) electrons. The molecule has 3 heterocycles. The van der Waals surface area contributed by atoms with Crippen molar-refractivity contribution in [3.63, 3.8) is 0 Å². The molecule has 58 heavy (non-hydrogen) atoms. The normalized spacial score (nSPS) is 28.7. The quantitative estimate of drug-likeness (QED) is 0.244. The summed E-state index contributed by atoms with van der Waals surface area (Å²) in [6.45, 7) is 7.61. The molecule has 4 aliphatic rings. The molecule has 7 rings (SSSR count). The first-order valence-electron chi connectivity index (χ1n) is 19.9. The number of carbonyl (C=O) groups excluding carboxylic acids is 4. The number of nitrogens with zero attached hydrogens (tertiary/aromatic N) is 2. The fourth-order valence-electron chi connectivity index (χ4n) is 8.04. The summed E-state index contributed by atoms with van der Waals surface area (Å²) in [4.78, 5) is 62.6. The predicted octanol–water partition coefficient (Wildman–Crippen LogP) is 5.16. The molecular formula is C42H50FN5O9S. The monoisotopic (exact) mass is 819 g/mol. The Morgan fingerprint density at radius 3 is 2.48 bits per heavy atom. The number of sulfonamides is 1. The Kier molecular flexibility index (Phi) is 11.4. The Balaban J connectivity index is 1.22. The van der Waals surface area contributed by atoms with Gasteiger partial charge in [0.15, 0.2) is 11.6 Å². The molecule has 2 saturated carbocycles. The number of allylic oxidation sites excluding steroid dienone is 1. The van der Waals surface area contributed by atoms with E-state index in [1.54, 1.807) is 13.1 Å². The molecule has 7 atom stereocenters. The molecule has 2 aliphatic carbocycles. The second-order valence-corrected chi connectivity index (χ2v) is 18.5. The van der Waals surface area contributed by atoms with E-state index in [1.807, 2.05) is 57.2 Å². The van der Waals surface area contributed by atoms with Crippen molar-refractivity contribution in [3.8, 4) is 17.4 Å². The van der Waals surface area contributed by atoms with E-state index in [1.165, 1.54) is 23.1 Å². The van der Waals surface area contributed by atoms with Gasteiger partial charge in [-0.15, -0.1) is 0 Å². The lowest BCUT2D eigenvalue weighted by Gasteiger charge is -2.32. The largest absolute Gasteiger partial charge is 0.492 e. The number of ether oxygens (including phenoxy) is 3. The highest BCUT2D eigenvalue weighted by atomic mass is 32.2. The Hall–Kier alpha value is -5.25. The number of hydrogen-bond donors (Lipinski definition) is 3. The summed E-state index contributed by atoms with van der Waals surface area (Å²) in [6.07, 6.45) is 6.29. The SMILES string of the molecule is CCOc1cnc(O[C@@H]2C[C@H]3C(=O)NC4(C(=O)NS(=O)(=O)C5(C)CC5)CC4/C=C\CC[C@@H](C)C[C@@H](C)[C@H](NC(=O)Oc4ccccc4F)C(=O)N3C2)c2ccccc12. The average molecular weight is 820 g/mol.